The molecule has 3 nitrogen and oxygen atoms in total. The molecule has 0 spiro atoms. The number of hydrogen-bond acceptors (Lipinski definition) is 3. The quantitative estimate of drug-likeness (QED) is 0.769. The Morgan fingerprint density at radius 1 is 1.11 bits per heavy atom. The van der Waals surface area contributed by atoms with E-state index >= 15 is 0 Å². The molecule has 0 saturated heterocycles. The van der Waals surface area contributed by atoms with Gasteiger partial charge in [0.2, 0.25) is 0 Å². The minimum atomic E-state index is 0.441. The van der Waals surface area contributed by atoms with Gasteiger partial charge < -0.3 is 9.47 Å². The molecule has 0 heterocycles. The van der Waals surface area contributed by atoms with Gasteiger partial charge in [-0.05, 0) is 42.8 Å². The van der Waals surface area contributed by atoms with E-state index < -0.39 is 0 Å². The van der Waals surface area contributed by atoms with Crippen molar-refractivity contribution in [3.63, 3.8) is 0 Å². The summed E-state index contributed by atoms with van der Waals surface area (Å²) < 4.78 is 11.0. The van der Waals surface area contributed by atoms with Crippen LogP contribution in [0.1, 0.15) is 21.5 Å². The molecule has 0 amide bonds. The molecule has 2 aromatic rings. The normalized spacial score (nSPS) is 10.0. The Kier molecular flexibility index (Phi) is 4.18. The zero-order valence-corrected chi connectivity index (χ0v) is 11.1. The van der Waals surface area contributed by atoms with Gasteiger partial charge in [-0.3, -0.25) is 4.79 Å². The summed E-state index contributed by atoms with van der Waals surface area (Å²) in [6.07, 6.45) is 0.814. The van der Waals surface area contributed by atoms with Crippen molar-refractivity contribution < 1.29 is 14.3 Å². The van der Waals surface area contributed by atoms with E-state index in [0.29, 0.717) is 12.2 Å². The summed E-state index contributed by atoms with van der Waals surface area (Å²) in [5.74, 6) is 1.56. The first-order valence-electron chi connectivity index (χ1n) is 6.05. The maximum Gasteiger partial charge on any atom is 0.150 e. The molecule has 98 valence electrons. The Labute approximate surface area is 112 Å². The number of carbonyl (C=O) groups is 1. The van der Waals surface area contributed by atoms with E-state index in [1.165, 1.54) is 0 Å². The molecule has 2 aromatic carbocycles. The first kappa shape index (κ1) is 13.1. The topological polar surface area (TPSA) is 35.5 Å². The number of methoxy groups -OCH3 is 1. The zero-order chi connectivity index (χ0) is 13.7. The number of hydrogen-bond donors (Lipinski definition) is 0. The summed E-state index contributed by atoms with van der Waals surface area (Å²) in [6, 6.07) is 12.9. The second kappa shape index (κ2) is 6.05. The third-order valence-electron chi connectivity index (χ3n) is 2.99. The smallest absolute Gasteiger partial charge is 0.150 e. The lowest BCUT2D eigenvalue weighted by molar-refractivity contribution is 0.112. The van der Waals surface area contributed by atoms with Crippen molar-refractivity contribution in [3.8, 4) is 11.5 Å². The summed E-state index contributed by atoms with van der Waals surface area (Å²) in [5, 5.41) is 0. The molecular weight excluding hydrogens is 240 g/mol. The van der Waals surface area contributed by atoms with Crippen LogP contribution in [0, 0.1) is 6.92 Å². The van der Waals surface area contributed by atoms with Crippen LogP contribution in [0.3, 0.4) is 0 Å². The monoisotopic (exact) mass is 256 g/mol. The summed E-state index contributed by atoms with van der Waals surface area (Å²) in [5.41, 5.74) is 2.80. The Morgan fingerprint density at radius 3 is 2.47 bits per heavy atom. The lowest BCUT2D eigenvalue weighted by Gasteiger charge is -2.12. The van der Waals surface area contributed by atoms with Crippen LogP contribution in [0.15, 0.2) is 42.5 Å². The summed E-state index contributed by atoms with van der Waals surface area (Å²) in [6.45, 7) is 2.47. The summed E-state index contributed by atoms with van der Waals surface area (Å²) in [7, 11) is 1.65. The van der Waals surface area contributed by atoms with Gasteiger partial charge in [0, 0.05) is 11.1 Å². The van der Waals surface area contributed by atoms with Crippen LogP contribution < -0.4 is 9.47 Å². The van der Waals surface area contributed by atoms with Crippen molar-refractivity contribution in [1.82, 2.24) is 0 Å². The van der Waals surface area contributed by atoms with Gasteiger partial charge in [-0.15, -0.1) is 0 Å². The van der Waals surface area contributed by atoms with Gasteiger partial charge in [-0.2, -0.15) is 0 Å². The Balaban J connectivity index is 2.11. The Morgan fingerprint density at radius 2 is 1.84 bits per heavy atom. The highest BCUT2D eigenvalue weighted by Gasteiger charge is 2.06. The molecule has 0 radical (unpaired) electrons. The number of aryl methyl sites for hydroxylation is 1. The van der Waals surface area contributed by atoms with Crippen molar-refractivity contribution in [2.45, 2.75) is 13.5 Å². The van der Waals surface area contributed by atoms with Gasteiger partial charge in [-0.1, -0.05) is 12.1 Å². The predicted molar refractivity (Wildman–Crippen MR) is 73.9 cm³/mol. The van der Waals surface area contributed by atoms with E-state index in [4.69, 9.17) is 9.47 Å². The number of rotatable bonds is 5. The number of carbonyl (C=O) groups excluding carboxylic acids is 1. The van der Waals surface area contributed by atoms with Gasteiger partial charge in [0.15, 0.2) is 0 Å². The molecule has 0 bridgehead atoms. The molecule has 0 unspecified atom stereocenters. The zero-order valence-electron chi connectivity index (χ0n) is 11.1. The maximum absolute atomic E-state index is 10.6. The molecular formula is C16H16O3. The van der Waals surface area contributed by atoms with Crippen LogP contribution >= 0.6 is 0 Å². The van der Waals surface area contributed by atoms with Gasteiger partial charge >= 0.3 is 0 Å². The fourth-order valence-corrected chi connectivity index (χ4v) is 1.85. The lowest BCUT2D eigenvalue weighted by Crippen LogP contribution is -2.01. The van der Waals surface area contributed by atoms with Crippen molar-refractivity contribution in [3.05, 3.63) is 59.2 Å². The standard InChI is InChI=1S/C16H16O3/c1-12-4-3-5-16(18-2)15(12)11-19-14-8-6-13(10-17)7-9-14/h3-10H,11H2,1-2H3. The van der Waals surface area contributed by atoms with E-state index in [9.17, 15) is 4.79 Å². The highest BCUT2D eigenvalue weighted by Crippen LogP contribution is 2.23. The molecule has 0 aliphatic carbocycles. The number of benzene rings is 2. The van der Waals surface area contributed by atoms with Crippen LogP contribution in [0.2, 0.25) is 0 Å². The molecule has 0 aliphatic rings. The molecule has 0 aliphatic heterocycles. The van der Waals surface area contributed by atoms with E-state index in [1.807, 2.05) is 25.1 Å². The maximum atomic E-state index is 10.6. The van der Waals surface area contributed by atoms with E-state index in [1.54, 1.807) is 31.4 Å². The van der Waals surface area contributed by atoms with Gasteiger partial charge in [-0.25, -0.2) is 0 Å². The SMILES string of the molecule is COc1cccc(C)c1COc1ccc(C=O)cc1. The third-order valence-corrected chi connectivity index (χ3v) is 2.99. The molecule has 19 heavy (non-hydrogen) atoms. The average Bonchev–Trinajstić information content (AvgIpc) is 2.46. The second-order valence-corrected chi connectivity index (χ2v) is 4.23. The molecule has 2 rings (SSSR count). The second-order valence-electron chi connectivity index (χ2n) is 4.23. The van der Waals surface area contributed by atoms with Gasteiger partial charge in [0.25, 0.3) is 0 Å². The molecule has 0 fully saturated rings. The number of aldehydes is 1. The van der Waals surface area contributed by atoms with Crippen LogP contribution in [0.25, 0.3) is 0 Å². The minimum absolute atomic E-state index is 0.441. The van der Waals surface area contributed by atoms with Crippen molar-refractivity contribution in [2.24, 2.45) is 0 Å². The minimum Gasteiger partial charge on any atom is -0.496 e. The third kappa shape index (κ3) is 3.13. The Bertz CT molecular complexity index is 559. The van der Waals surface area contributed by atoms with Crippen molar-refractivity contribution >= 4 is 6.29 Å². The van der Waals surface area contributed by atoms with Crippen LogP contribution in [-0.2, 0) is 6.61 Å². The predicted octanol–water partition coefficient (Wildman–Crippen LogP) is 3.40. The average molecular weight is 256 g/mol. The van der Waals surface area contributed by atoms with Crippen LogP contribution in [0.4, 0.5) is 0 Å². The lowest BCUT2D eigenvalue weighted by atomic mass is 10.1. The Hall–Kier alpha value is -2.29. The first-order valence-corrected chi connectivity index (χ1v) is 6.05. The fourth-order valence-electron chi connectivity index (χ4n) is 1.85. The van der Waals surface area contributed by atoms with Gasteiger partial charge in [0.1, 0.15) is 24.4 Å². The van der Waals surface area contributed by atoms with E-state index in [2.05, 4.69) is 0 Å². The fraction of sp³-hybridized carbons (Fsp3) is 0.188. The molecule has 0 N–H and O–H groups in total. The van der Waals surface area contributed by atoms with Crippen molar-refractivity contribution in [1.29, 1.82) is 0 Å². The molecule has 0 aromatic heterocycles. The van der Waals surface area contributed by atoms with Crippen LogP contribution in [0.5, 0.6) is 11.5 Å². The summed E-state index contributed by atoms with van der Waals surface area (Å²) >= 11 is 0. The number of ether oxygens (including phenoxy) is 2. The molecule has 3 heteroatoms. The summed E-state index contributed by atoms with van der Waals surface area (Å²) in [4.78, 5) is 10.6. The largest absolute Gasteiger partial charge is 0.496 e. The molecule has 0 atom stereocenters. The van der Waals surface area contributed by atoms with Gasteiger partial charge in [0.05, 0.1) is 7.11 Å². The van der Waals surface area contributed by atoms with E-state index in [0.717, 1.165) is 28.9 Å². The van der Waals surface area contributed by atoms with Crippen LogP contribution in [-0.4, -0.2) is 13.4 Å². The highest BCUT2D eigenvalue weighted by atomic mass is 16.5. The highest BCUT2D eigenvalue weighted by molar-refractivity contribution is 5.74. The first-order chi connectivity index (χ1) is 9.24. The van der Waals surface area contributed by atoms with E-state index in [-0.39, 0.29) is 0 Å². The van der Waals surface area contributed by atoms with Crippen molar-refractivity contribution in [2.75, 3.05) is 7.11 Å². The molecule has 0 saturated carbocycles.